The van der Waals surface area contributed by atoms with Crippen LogP contribution in [-0.4, -0.2) is 64.8 Å². The minimum absolute atomic E-state index is 0.271. The first-order valence-electron chi connectivity index (χ1n) is 15.5. The van der Waals surface area contributed by atoms with Crippen LogP contribution in [0.1, 0.15) is 142 Å². The maximum absolute atomic E-state index is 11.8. The lowest BCUT2D eigenvalue weighted by molar-refractivity contribution is -0.147. The first-order chi connectivity index (χ1) is 18.8. The van der Waals surface area contributed by atoms with Gasteiger partial charge in [0, 0.05) is 6.42 Å². The van der Waals surface area contributed by atoms with E-state index in [1.54, 1.807) is 0 Å². The van der Waals surface area contributed by atoms with Crippen LogP contribution in [0.15, 0.2) is 0 Å². The van der Waals surface area contributed by atoms with Crippen molar-refractivity contribution in [1.29, 1.82) is 0 Å². The van der Waals surface area contributed by atoms with Gasteiger partial charge in [-0.1, -0.05) is 129 Å². The van der Waals surface area contributed by atoms with Gasteiger partial charge in [0.25, 0.3) is 0 Å². The van der Waals surface area contributed by atoms with Crippen LogP contribution in [0.2, 0.25) is 0 Å². The second-order valence-electron chi connectivity index (χ2n) is 10.7. The van der Waals surface area contributed by atoms with E-state index in [2.05, 4.69) is 16.0 Å². The first-order valence-corrected chi connectivity index (χ1v) is 17.0. The summed E-state index contributed by atoms with van der Waals surface area (Å²) in [5.41, 5.74) is 0. The minimum Gasteiger partial charge on any atom is -0.463 e. The second-order valence-corrected chi connectivity index (χ2v) is 12.2. The zero-order valence-corrected chi connectivity index (χ0v) is 25.5. The number of hydrogen-bond donors (Lipinski definition) is 4. The number of aliphatic hydroxyl groups excluding tert-OH is 3. The molecule has 0 radical (unpaired) electrons. The molecule has 3 atom stereocenters. The van der Waals surface area contributed by atoms with E-state index in [4.69, 9.17) is 14.9 Å². The van der Waals surface area contributed by atoms with Crippen LogP contribution in [0, 0.1) is 0 Å². The maximum Gasteiger partial charge on any atom is 0.472 e. The number of carbonyl (C=O) groups is 1. The molecule has 0 saturated heterocycles. The maximum atomic E-state index is 11.8. The number of esters is 1. The van der Waals surface area contributed by atoms with Crippen molar-refractivity contribution in [2.24, 2.45) is 0 Å². The third kappa shape index (κ3) is 28.8. The standard InChI is InChI=1S/C29H59O9P/c1-2-3-4-5-6-7-8-9-10-11-12-13-14-15-16-17-18-19-20-21-22-29(33)36-24-28(32)26-38-39(34,35)37-25-27(31)23-30/h27-28,30-32H,2-26H2,1H3,(H,34,35). The van der Waals surface area contributed by atoms with Gasteiger partial charge in [-0.25, -0.2) is 4.57 Å². The van der Waals surface area contributed by atoms with Crippen molar-refractivity contribution in [1.82, 2.24) is 0 Å². The zero-order chi connectivity index (χ0) is 29.0. The van der Waals surface area contributed by atoms with Gasteiger partial charge in [-0.05, 0) is 6.42 Å². The Bertz CT molecular complexity index is 591. The zero-order valence-electron chi connectivity index (χ0n) is 24.6. The Balaban J connectivity index is 3.40. The number of carbonyl (C=O) groups excluding carboxylic acids is 1. The van der Waals surface area contributed by atoms with Crippen LogP contribution < -0.4 is 0 Å². The quantitative estimate of drug-likeness (QED) is 0.0419. The van der Waals surface area contributed by atoms with Crippen LogP contribution in [0.25, 0.3) is 0 Å². The van der Waals surface area contributed by atoms with Gasteiger partial charge < -0.3 is 24.9 Å². The number of unbranched alkanes of at least 4 members (excludes halogenated alkanes) is 19. The van der Waals surface area contributed by atoms with Crippen molar-refractivity contribution in [3.63, 3.8) is 0 Å². The molecule has 0 saturated carbocycles. The lowest BCUT2D eigenvalue weighted by Crippen LogP contribution is -2.24. The predicted octanol–water partition coefficient (Wildman–Crippen LogP) is 6.59. The smallest absolute Gasteiger partial charge is 0.463 e. The van der Waals surface area contributed by atoms with Gasteiger partial charge in [0.05, 0.1) is 19.8 Å². The van der Waals surface area contributed by atoms with Gasteiger partial charge in [0.15, 0.2) is 0 Å². The highest BCUT2D eigenvalue weighted by Gasteiger charge is 2.24. The van der Waals surface area contributed by atoms with Crippen molar-refractivity contribution >= 4 is 13.8 Å². The fraction of sp³-hybridized carbons (Fsp3) is 0.966. The normalized spacial score (nSPS) is 14.7. The molecule has 39 heavy (non-hydrogen) atoms. The Morgan fingerprint density at radius 3 is 1.36 bits per heavy atom. The predicted molar refractivity (Wildman–Crippen MR) is 154 cm³/mol. The first kappa shape index (κ1) is 38.5. The van der Waals surface area contributed by atoms with E-state index in [1.165, 1.54) is 109 Å². The number of rotatable bonds is 30. The second kappa shape index (κ2) is 27.6. The Labute approximate surface area is 237 Å². The summed E-state index contributed by atoms with van der Waals surface area (Å²) in [6.07, 6.45) is 23.6. The Morgan fingerprint density at radius 2 is 0.974 bits per heavy atom. The van der Waals surface area contributed by atoms with Crippen molar-refractivity contribution in [2.45, 2.75) is 154 Å². The molecule has 0 spiro atoms. The summed E-state index contributed by atoms with van der Waals surface area (Å²) in [4.78, 5) is 21.2. The van der Waals surface area contributed by atoms with Gasteiger partial charge in [-0.2, -0.15) is 0 Å². The van der Waals surface area contributed by atoms with Crippen LogP contribution >= 0.6 is 7.82 Å². The number of aliphatic hydroxyl groups is 3. The molecule has 0 fully saturated rings. The molecule has 0 amide bonds. The van der Waals surface area contributed by atoms with Crippen LogP contribution in [-0.2, 0) is 23.1 Å². The highest BCUT2D eigenvalue weighted by Crippen LogP contribution is 2.43. The number of hydrogen-bond acceptors (Lipinski definition) is 8. The van der Waals surface area contributed by atoms with Gasteiger partial charge >= 0.3 is 13.8 Å². The molecule has 0 aromatic heterocycles. The molecular formula is C29H59O9P. The molecule has 234 valence electrons. The molecular weight excluding hydrogens is 523 g/mol. The average molecular weight is 583 g/mol. The van der Waals surface area contributed by atoms with Crippen LogP contribution in [0.3, 0.4) is 0 Å². The minimum atomic E-state index is -4.48. The van der Waals surface area contributed by atoms with Crippen molar-refractivity contribution in [3.05, 3.63) is 0 Å². The summed E-state index contributed by atoms with van der Waals surface area (Å²) in [5.74, 6) is -0.425. The van der Waals surface area contributed by atoms with Gasteiger partial charge in [-0.15, -0.1) is 0 Å². The van der Waals surface area contributed by atoms with Crippen molar-refractivity contribution < 1.29 is 43.4 Å². The fourth-order valence-corrected chi connectivity index (χ4v) is 5.08. The molecule has 0 aromatic carbocycles. The summed E-state index contributed by atoms with van der Waals surface area (Å²) >= 11 is 0. The average Bonchev–Trinajstić information content (AvgIpc) is 2.92. The molecule has 0 aromatic rings. The van der Waals surface area contributed by atoms with E-state index >= 15 is 0 Å². The topological polar surface area (TPSA) is 143 Å². The summed E-state index contributed by atoms with van der Waals surface area (Å²) < 4.78 is 25.6. The van der Waals surface area contributed by atoms with E-state index in [1.807, 2.05) is 0 Å². The molecule has 10 heteroatoms. The lowest BCUT2D eigenvalue weighted by Gasteiger charge is -2.16. The van der Waals surface area contributed by atoms with E-state index in [0.717, 1.165) is 19.3 Å². The largest absolute Gasteiger partial charge is 0.472 e. The van der Waals surface area contributed by atoms with E-state index < -0.39 is 45.8 Å². The summed E-state index contributed by atoms with van der Waals surface area (Å²) in [5, 5.41) is 27.5. The van der Waals surface area contributed by atoms with E-state index in [0.29, 0.717) is 0 Å². The third-order valence-electron chi connectivity index (χ3n) is 6.74. The van der Waals surface area contributed by atoms with E-state index in [9.17, 15) is 19.4 Å². The Kier molecular flexibility index (Phi) is 27.2. The highest BCUT2D eigenvalue weighted by molar-refractivity contribution is 7.47. The molecule has 0 aliphatic rings. The molecule has 9 nitrogen and oxygen atoms in total. The van der Waals surface area contributed by atoms with Crippen LogP contribution in [0.4, 0.5) is 0 Å². The van der Waals surface area contributed by atoms with E-state index in [-0.39, 0.29) is 13.0 Å². The molecule has 0 aliphatic carbocycles. The van der Waals surface area contributed by atoms with Crippen LogP contribution in [0.5, 0.6) is 0 Å². The summed E-state index contributed by atoms with van der Waals surface area (Å²) in [7, 11) is -4.48. The van der Waals surface area contributed by atoms with Gasteiger partial charge in [0.1, 0.15) is 18.8 Å². The molecule has 4 N–H and O–H groups in total. The molecule has 0 bridgehead atoms. The number of phosphoric acid groups is 1. The molecule has 0 rings (SSSR count). The molecule has 3 unspecified atom stereocenters. The van der Waals surface area contributed by atoms with Gasteiger partial charge in [0.2, 0.25) is 0 Å². The fourth-order valence-electron chi connectivity index (χ4n) is 4.28. The third-order valence-corrected chi connectivity index (χ3v) is 7.69. The Hall–Kier alpha value is -0.540. The van der Waals surface area contributed by atoms with Gasteiger partial charge in [-0.3, -0.25) is 13.8 Å². The van der Waals surface area contributed by atoms with Crippen molar-refractivity contribution in [3.8, 4) is 0 Å². The summed E-state index contributed by atoms with van der Waals surface area (Å²) in [6.45, 7) is 0.130. The highest BCUT2D eigenvalue weighted by atomic mass is 31.2. The molecule has 0 aliphatic heterocycles. The molecule has 0 heterocycles. The lowest BCUT2D eigenvalue weighted by atomic mass is 10.0. The Morgan fingerprint density at radius 1 is 0.615 bits per heavy atom. The summed E-state index contributed by atoms with van der Waals surface area (Å²) in [6, 6.07) is 0. The van der Waals surface area contributed by atoms with Crippen molar-refractivity contribution in [2.75, 3.05) is 26.4 Å². The SMILES string of the molecule is CCCCCCCCCCCCCCCCCCCCCCC(=O)OCC(O)COP(=O)(O)OCC(O)CO. The monoisotopic (exact) mass is 582 g/mol. The number of ether oxygens (including phenoxy) is 1. The number of phosphoric ester groups is 1.